The molecule has 1 fully saturated rings. The standard InChI is InChI=1S/C18H33N5S/c1-5-19-18(21-13-17-22-14(3)15(4)24-17)20-10-7-16-8-11-23(6-2)12-9-16/h16H,5-13H2,1-4H3,(H2,19,20,21). The zero-order valence-electron chi connectivity index (χ0n) is 15.7. The van der Waals surface area contributed by atoms with E-state index in [0.717, 1.165) is 35.7 Å². The van der Waals surface area contributed by atoms with Crippen LogP contribution in [0.2, 0.25) is 0 Å². The summed E-state index contributed by atoms with van der Waals surface area (Å²) in [6.07, 6.45) is 3.90. The van der Waals surface area contributed by atoms with Crippen LogP contribution in [0.3, 0.4) is 0 Å². The molecule has 1 aromatic heterocycles. The largest absolute Gasteiger partial charge is 0.357 e. The van der Waals surface area contributed by atoms with Crippen LogP contribution >= 0.6 is 11.3 Å². The highest BCUT2D eigenvalue weighted by atomic mass is 32.1. The summed E-state index contributed by atoms with van der Waals surface area (Å²) in [7, 11) is 0. The van der Waals surface area contributed by atoms with E-state index in [1.54, 1.807) is 11.3 Å². The molecule has 24 heavy (non-hydrogen) atoms. The smallest absolute Gasteiger partial charge is 0.191 e. The Morgan fingerprint density at radius 3 is 2.58 bits per heavy atom. The van der Waals surface area contributed by atoms with E-state index >= 15 is 0 Å². The van der Waals surface area contributed by atoms with E-state index in [1.807, 2.05) is 0 Å². The lowest BCUT2D eigenvalue weighted by Crippen LogP contribution is -2.39. The van der Waals surface area contributed by atoms with Crippen LogP contribution < -0.4 is 10.6 Å². The summed E-state index contributed by atoms with van der Waals surface area (Å²) in [5.74, 6) is 1.77. The zero-order valence-corrected chi connectivity index (χ0v) is 16.5. The molecular weight excluding hydrogens is 318 g/mol. The number of nitrogens with one attached hydrogen (secondary N) is 2. The van der Waals surface area contributed by atoms with Gasteiger partial charge in [0, 0.05) is 18.0 Å². The Hall–Kier alpha value is -1.14. The number of aromatic nitrogens is 1. The zero-order chi connectivity index (χ0) is 17.4. The molecule has 1 aliphatic rings. The number of thiazole rings is 1. The van der Waals surface area contributed by atoms with Crippen molar-refractivity contribution in [2.75, 3.05) is 32.7 Å². The lowest BCUT2D eigenvalue weighted by atomic mass is 9.93. The second-order valence-electron chi connectivity index (χ2n) is 6.54. The predicted molar refractivity (Wildman–Crippen MR) is 104 cm³/mol. The Kier molecular flexibility index (Phi) is 7.99. The molecule has 0 aliphatic carbocycles. The van der Waals surface area contributed by atoms with Crippen LogP contribution in [0.15, 0.2) is 4.99 Å². The van der Waals surface area contributed by atoms with Crippen molar-refractivity contribution in [2.45, 2.75) is 53.5 Å². The van der Waals surface area contributed by atoms with E-state index in [9.17, 15) is 0 Å². The van der Waals surface area contributed by atoms with Crippen molar-refractivity contribution < 1.29 is 0 Å². The van der Waals surface area contributed by atoms with E-state index < -0.39 is 0 Å². The average molecular weight is 352 g/mol. The highest BCUT2D eigenvalue weighted by molar-refractivity contribution is 7.11. The molecule has 0 radical (unpaired) electrons. The Balaban J connectivity index is 1.75. The van der Waals surface area contributed by atoms with Crippen molar-refractivity contribution in [2.24, 2.45) is 10.9 Å². The third kappa shape index (κ3) is 6.06. The highest BCUT2D eigenvalue weighted by Gasteiger charge is 2.17. The topological polar surface area (TPSA) is 52.6 Å². The fraction of sp³-hybridized carbons (Fsp3) is 0.778. The van der Waals surface area contributed by atoms with Gasteiger partial charge in [-0.2, -0.15) is 0 Å². The maximum absolute atomic E-state index is 4.68. The Bertz CT molecular complexity index is 498. The first kappa shape index (κ1) is 19.2. The molecule has 1 aromatic rings. The molecule has 2 N–H and O–H groups in total. The van der Waals surface area contributed by atoms with E-state index in [1.165, 1.54) is 43.8 Å². The van der Waals surface area contributed by atoms with Crippen molar-refractivity contribution in [1.29, 1.82) is 0 Å². The molecule has 0 aromatic carbocycles. The van der Waals surface area contributed by atoms with Crippen LogP contribution in [0.1, 0.15) is 48.7 Å². The van der Waals surface area contributed by atoms with Gasteiger partial charge in [-0.05, 0) is 65.6 Å². The van der Waals surface area contributed by atoms with E-state index in [-0.39, 0.29) is 0 Å². The molecule has 2 heterocycles. The van der Waals surface area contributed by atoms with Gasteiger partial charge in [0.1, 0.15) is 5.01 Å². The number of piperidine rings is 1. The van der Waals surface area contributed by atoms with Crippen LogP contribution in [0.25, 0.3) is 0 Å². The number of likely N-dealkylation sites (tertiary alicyclic amines) is 1. The molecule has 5 nitrogen and oxygen atoms in total. The van der Waals surface area contributed by atoms with Crippen LogP contribution in [-0.2, 0) is 6.54 Å². The van der Waals surface area contributed by atoms with Gasteiger partial charge >= 0.3 is 0 Å². The van der Waals surface area contributed by atoms with Gasteiger partial charge < -0.3 is 15.5 Å². The molecule has 1 saturated heterocycles. The second kappa shape index (κ2) is 9.99. The molecule has 0 spiro atoms. The van der Waals surface area contributed by atoms with Crippen molar-refractivity contribution >= 4 is 17.3 Å². The molecule has 2 rings (SSSR count). The minimum atomic E-state index is 0.656. The lowest BCUT2D eigenvalue weighted by Gasteiger charge is -2.31. The van der Waals surface area contributed by atoms with Crippen LogP contribution in [-0.4, -0.2) is 48.6 Å². The Labute approximate surface area is 151 Å². The second-order valence-corrected chi connectivity index (χ2v) is 7.83. The lowest BCUT2D eigenvalue weighted by molar-refractivity contribution is 0.187. The van der Waals surface area contributed by atoms with Gasteiger partial charge in [0.15, 0.2) is 5.96 Å². The maximum atomic E-state index is 4.68. The SMILES string of the molecule is CCNC(=NCc1nc(C)c(C)s1)NCCC1CCN(CC)CC1. The predicted octanol–water partition coefficient (Wildman–Crippen LogP) is 2.94. The molecule has 6 heteroatoms. The van der Waals surface area contributed by atoms with Crippen molar-refractivity contribution in [3.8, 4) is 0 Å². The number of hydrogen-bond acceptors (Lipinski definition) is 4. The van der Waals surface area contributed by atoms with Gasteiger partial charge in [-0.25, -0.2) is 9.98 Å². The molecule has 0 atom stereocenters. The third-order valence-electron chi connectivity index (χ3n) is 4.79. The summed E-state index contributed by atoms with van der Waals surface area (Å²) in [4.78, 5) is 13.1. The van der Waals surface area contributed by atoms with Crippen LogP contribution in [0.5, 0.6) is 0 Å². The Morgan fingerprint density at radius 1 is 1.25 bits per heavy atom. The molecular formula is C18H33N5S. The molecule has 136 valence electrons. The van der Waals surface area contributed by atoms with Crippen molar-refractivity contribution in [1.82, 2.24) is 20.5 Å². The molecule has 1 aliphatic heterocycles. The number of aryl methyl sites for hydroxylation is 2. The fourth-order valence-electron chi connectivity index (χ4n) is 3.08. The normalized spacial score (nSPS) is 17.2. The number of nitrogens with zero attached hydrogens (tertiary/aromatic N) is 3. The number of rotatable bonds is 7. The summed E-state index contributed by atoms with van der Waals surface area (Å²) in [5.41, 5.74) is 1.13. The van der Waals surface area contributed by atoms with Crippen molar-refractivity contribution in [3.05, 3.63) is 15.6 Å². The summed E-state index contributed by atoms with van der Waals surface area (Å²) in [6.45, 7) is 14.8. The minimum Gasteiger partial charge on any atom is -0.357 e. The number of aliphatic imine (C=N–C) groups is 1. The minimum absolute atomic E-state index is 0.656. The fourth-order valence-corrected chi connectivity index (χ4v) is 3.94. The molecule has 0 bridgehead atoms. The first-order valence-electron chi connectivity index (χ1n) is 9.29. The monoisotopic (exact) mass is 351 g/mol. The number of hydrogen-bond donors (Lipinski definition) is 2. The highest BCUT2D eigenvalue weighted by Crippen LogP contribution is 2.19. The van der Waals surface area contributed by atoms with Crippen LogP contribution in [0.4, 0.5) is 0 Å². The summed E-state index contributed by atoms with van der Waals surface area (Å²) in [6, 6.07) is 0. The summed E-state index contributed by atoms with van der Waals surface area (Å²) < 4.78 is 0. The first-order chi connectivity index (χ1) is 11.6. The first-order valence-corrected chi connectivity index (χ1v) is 10.1. The van der Waals surface area contributed by atoms with E-state index in [4.69, 9.17) is 0 Å². The van der Waals surface area contributed by atoms with Gasteiger partial charge in [-0.3, -0.25) is 0 Å². The summed E-state index contributed by atoms with van der Waals surface area (Å²) in [5, 5.41) is 7.91. The van der Waals surface area contributed by atoms with Gasteiger partial charge in [0.2, 0.25) is 0 Å². The van der Waals surface area contributed by atoms with E-state index in [0.29, 0.717) is 6.54 Å². The Morgan fingerprint density at radius 2 is 2.00 bits per heavy atom. The average Bonchev–Trinajstić information content (AvgIpc) is 2.91. The van der Waals surface area contributed by atoms with Crippen LogP contribution in [0, 0.1) is 19.8 Å². The molecule has 0 unspecified atom stereocenters. The van der Waals surface area contributed by atoms with Gasteiger partial charge in [0.25, 0.3) is 0 Å². The van der Waals surface area contributed by atoms with Gasteiger partial charge in [-0.15, -0.1) is 11.3 Å². The number of guanidine groups is 1. The summed E-state index contributed by atoms with van der Waals surface area (Å²) >= 11 is 1.74. The third-order valence-corrected chi connectivity index (χ3v) is 5.85. The molecule has 0 amide bonds. The quantitative estimate of drug-likeness (QED) is 0.586. The van der Waals surface area contributed by atoms with Crippen molar-refractivity contribution in [3.63, 3.8) is 0 Å². The van der Waals surface area contributed by atoms with Gasteiger partial charge in [0.05, 0.1) is 12.2 Å². The van der Waals surface area contributed by atoms with E-state index in [2.05, 4.69) is 53.2 Å². The van der Waals surface area contributed by atoms with Gasteiger partial charge in [-0.1, -0.05) is 6.92 Å². The maximum Gasteiger partial charge on any atom is 0.191 e. The molecule has 0 saturated carbocycles.